The van der Waals surface area contributed by atoms with Crippen molar-refractivity contribution >= 4 is 11.7 Å². The van der Waals surface area contributed by atoms with Crippen LogP contribution in [0.15, 0.2) is 54.6 Å². The highest BCUT2D eigenvalue weighted by Gasteiger charge is 2.49. The summed E-state index contributed by atoms with van der Waals surface area (Å²) in [6.07, 6.45) is 5.50. The summed E-state index contributed by atoms with van der Waals surface area (Å²) in [5.74, 6) is 0.304. The van der Waals surface area contributed by atoms with Crippen LogP contribution in [0.3, 0.4) is 0 Å². The van der Waals surface area contributed by atoms with Gasteiger partial charge in [0.2, 0.25) is 0 Å². The Bertz CT molecular complexity index is 868. The molecule has 2 fully saturated rings. The zero-order chi connectivity index (χ0) is 21.1. The quantitative estimate of drug-likeness (QED) is 0.569. The van der Waals surface area contributed by atoms with Gasteiger partial charge in [0.1, 0.15) is 0 Å². The summed E-state index contributed by atoms with van der Waals surface area (Å²) in [6, 6.07) is 19.3. The van der Waals surface area contributed by atoms with Crippen molar-refractivity contribution in [1.29, 1.82) is 0 Å². The van der Waals surface area contributed by atoms with E-state index in [0.717, 1.165) is 31.6 Å². The number of fused-ring (bicyclic) bond motifs is 2. The number of nitrogens with zero attached hydrogens (tertiary/aromatic N) is 1. The number of nitrogen functional groups attached to an aromatic ring is 1. The number of hydrogen-bond acceptors (Lipinski definition) is 4. The molecule has 4 unspecified atom stereocenters. The third-order valence-electron chi connectivity index (χ3n) is 7.66. The number of carbonyl (C=O) groups is 1. The largest absolute Gasteiger partial charge is 0.469 e. The first-order valence-electron chi connectivity index (χ1n) is 11.3. The third kappa shape index (κ3) is 3.98. The monoisotopic (exact) mass is 406 g/mol. The van der Waals surface area contributed by atoms with Crippen LogP contribution in [0.2, 0.25) is 0 Å². The second-order valence-electron chi connectivity index (χ2n) is 9.18. The molecule has 0 aromatic heterocycles. The molecule has 2 N–H and O–H groups in total. The number of rotatable bonds is 6. The molecule has 1 heterocycles. The Labute approximate surface area is 180 Å². The van der Waals surface area contributed by atoms with E-state index in [1.54, 1.807) is 0 Å². The second kappa shape index (κ2) is 8.81. The molecular weight excluding hydrogens is 372 g/mol. The summed E-state index contributed by atoms with van der Waals surface area (Å²) in [5.41, 5.74) is 9.77. The van der Waals surface area contributed by atoms with Crippen molar-refractivity contribution in [3.05, 3.63) is 65.7 Å². The van der Waals surface area contributed by atoms with Gasteiger partial charge in [-0.3, -0.25) is 9.69 Å². The second-order valence-corrected chi connectivity index (χ2v) is 9.18. The Hall–Kier alpha value is -2.33. The number of likely N-dealkylation sites (tertiary alicyclic amines) is 1. The third-order valence-corrected chi connectivity index (χ3v) is 7.66. The maximum Gasteiger partial charge on any atom is 0.310 e. The summed E-state index contributed by atoms with van der Waals surface area (Å²) < 4.78 is 5.18. The predicted octanol–water partition coefficient (Wildman–Crippen LogP) is 4.43. The molecule has 1 aliphatic heterocycles. The average molecular weight is 407 g/mol. The number of ether oxygens (including phenoxy) is 1. The summed E-state index contributed by atoms with van der Waals surface area (Å²) >= 11 is 0. The lowest BCUT2D eigenvalue weighted by Crippen LogP contribution is -2.59. The van der Waals surface area contributed by atoms with Gasteiger partial charge < -0.3 is 10.5 Å². The standard InChI is InChI=1S/C26H34N2O2/c1-19-24-12-7-13-26(19,22-10-6-11-23(27)17-22)14-15-28(24)18-21(25(29)30-2)16-20-8-4-3-5-9-20/h3-6,8-11,17,19,21,24H,7,12-16,18,27H2,1-2H3. The van der Waals surface area contributed by atoms with E-state index >= 15 is 0 Å². The van der Waals surface area contributed by atoms with E-state index in [1.165, 1.54) is 37.5 Å². The molecule has 1 saturated carbocycles. The van der Waals surface area contributed by atoms with Gasteiger partial charge in [0.25, 0.3) is 0 Å². The lowest BCUT2D eigenvalue weighted by molar-refractivity contribution is -0.147. The molecule has 2 bridgehead atoms. The molecule has 4 heteroatoms. The van der Waals surface area contributed by atoms with Gasteiger partial charge in [-0.05, 0) is 61.4 Å². The molecule has 4 rings (SSSR count). The minimum absolute atomic E-state index is 0.102. The normalized spacial score (nSPS) is 27.4. The van der Waals surface area contributed by atoms with Crippen LogP contribution in [-0.4, -0.2) is 37.1 Å². The minimum atomic E-state index is -0.133. The van der Waals surface area contributed by atoms with Crippen LogP contribution in [0.4, 0.5) is 5.69 Å². The van der Waals surface area contributed by atoms with Gasteiger partial charge in [0, 0.05) is 23.7 Å². The van der Waals surface area contributed by atoms with Crippen LogP contribution >= 0.6 is 0 Å². The molecule has 0 spiro atoms. The fraction of sp³-hybridized carbons (Fsp3) is 0.500. The van der Waals surface area contributed by atoms with E-state index in [9.17, 15) is 4.79 Å². The molecule has 4 atom stereocenters. The molecule has 2 aliphatic rings. The number of hydrogen-bond donors (Lipinski definition) is 1. The molecule has 4 nitrogen and oxygen atoms in total. The van der Waals surface area contributed by atoms with Crippen molar-refractivity contribution in [3.63, 3.8) is 0 Å². The molecule has 0 radical (unpaired) electrons. The van der Waals surface area contributed by atoms with Crippen LogP contribution < -0.4 is 5.73 Å². The summed E-state index contributed by atoms with van der Waals surface area (Å²) in [5, 5.41) is 0. The lowest BCUT2D eigenvalue weighted by atomic mass is 9.57. The van der Waals surface area contributed by atoms with Gasteiger partial charge >= 0.3 is 5.97 Å². The van der Waals surface area contributed by atoms with E-state index in [4.69, 9.17) is 10.5 Å². The Morgan fingerprint density at radius 1 is 1.20 bits per heavy atom. The van der Waals surface area contributed by atoms with Crippen LogP contribution in [0.25, 0.3) is 0 Å². The average Bonchev–Trinajstić information content (AvgIpc) is 2.75. The number of anilines is 1. The first kappa shape index (κ1) is 20.9. The molecule has 0 amide bonds. The number of benzene rings is 2. The van der Waals surface area contributed by atoms with Crippen LogP contribution in [-0.2, 0) is 21.4 Å². The zero-order valence-electron chi connectivity index (χ0n) is 18.2. The SMILES string of the molecule is COC(=O)C(Cc1ccccc1)CN1CCC2(c3cccc(N)c3)CCCC1C2C. The van der Waals surface area contributed by atoms with Gasteiger partial charge in [0.05, 0.1) is 13.0 Å². The highest BCUT2D eigenvalue weighted by atomic mass is 16.5. The Kier molecular flexibility index (Phi) is 6.14. The van der Waals surface area contributed by atoms with Crippen molar-refractivity contribution in [1.82, 2.24) is 4.90 Å². The summed E-state index contributed by atoms with van der Waals surface area (Å²) in [4.78, 5) is 15.2. The molecule has 2 aromatic carbocycles. The maximum absolute atomic E-state index is 12.6. The van der Waals surface area contributed by atoms with Gasteiger partial charge in [-0.25, -0.2) is 0 Å². The first-order valence-corrected chi connectivity index (χ1v) is 11.3. The first-order chi connectivity index (χ1) is 14.5. The lowest BCUT2D eigenvalue weighted by Gasteiger charge is -2.56. The van der Waals surface area contributed by atoms with Crippen molar-refractivity contribution in [2.24, 2.45) is 11.8 Å². The maximum atomic E-state index is 12.6. The van der Waals surface area contributed by atoms with E-state index in [0.29, 0.717) is 12.0 Å². The molecule has 2 aromatic rings. The van der Waals surface area contributed by atoms with Gasteiger partial charge in [-0.1, -0.05) is 55.8 Å². The van der Waals surface area contributed by atoms with Gasteiger partial charge in [0.15, 0.2) is 0 Å². The molecular formula is C26H34N2O2. The number of esters is 1. The van der Waals surface area contributed by atoms with Crippen molar-refractivity contribution < 1.29 is 9.53 Å². The van der Waals surface area contributed by atoms with Crippen molar-refractivity contribution in [2.45, 2.75) is 50.5 Å². The van der Waals surface area contributed by atoms with Gasteiger partial charge in [-0.2, -0.15) is 0 Å². The van der Waals surface area contributed by atoms with E-state index in [2.05, 4.69) is 42.2 Å². The molecule has 160 valence electrons. The summed E-state index contributed by atoms with van der Waals surface area (Å²) in [6.45, 7) is 4.19. The fourth-order valence-corrected chi connectivity index (χ4v) is 6.03. The number of carbonyl (C=O) groups excluding carboxylic acids is 1. The Morgan fingerprint density at radius 2 is 2.00 bits per heavy atom. The highest BCUT2D eigenvalue weighted by Crippen LogP contribution is 2.51. The molecule has 1 aliphatic carbocycles. The van der Waals surface area contributed by atoms with Crippen LogP contribution in [0, 0.1) is 11.8 Å². The fourth-order valence-electron chi connectivity index (χ4n) is 6.03. The van der Waals surface area contributed by atoms with Crippen molar-refractivity contribution in [2.75, 3.05) is 25.9 Å². The molecule has 30 heavy (non-hydrogen) atoms. The van der Waals surface area contributed by atoms with E-state index in [1.807, 2.05) is 24.3 Å². The van der Waals surface area contributed by atoms with E-state index in [-0.39, 0.29) is 17.3 Å². The highest BCUT2D eigenvalue weighted by molar-refractivity contribution is 5.73. The Balaban J connectivity index is 1.54. The van der Waals surface area contributed by atoms with E-state index < -0.39 is 0 Å². The minimum Gasteiger partial charge on any atom is -0.469 e. The van der Waals surface area contributed by atoms with Gasteiger partial charge in [-0.15, -0.1) is 0 Å². The molecule has 1 saturated heterocycles. The summed E-state index contributed by atoms with van der Waals surface area (Å²) in [7, 11) is 1.50. The van der Waals surface area contributed by atoms with Crippen LogP contribution in [0.5, 0.6) is 0 Å². The van der Waals surface area contributed by atoms with Crippen LogP contribution in [0.1, 0.15) is 43.7 Å². The van der Waals surface area contributed by atoms with Crippen molar-refractivity contribution in [3.8, 4) is 0 Å². The number of piperidine rings is 1. The number of methoxy groups -OCH3 is 1. The Morgan fingerprint density at radius 3 is 2.73 bits per heavy atom. The number of nitrogens with two attached hydrogens (primary N) is 1. The topological polar surface area (TPSA) is 55.6 Å². The smallest absolute Gasteiger partial charge is 0.310 e. The predicted molar refractivity (Wildman–Crippen MR) is 121 cm³/mol. The zero-order valence-corrected chi connectivity index (χ0v) is 18.2.